The molecule has 2 heterocycles. The number of alkyl carbamates (subject to hydrolysis) is 1. The van der Waals surface area contributed by atoms with E-state index < -0.39 is 72.7 Å². The molecular formula is C30H30Cl2N4O10. The van der Waals surface area contributed by atoms with E-state index in [1.165, 1.54) is 18.2 Å². The van der Waals surface area contributed by atoms with Crippen LogP contribution in [0.5, 0.6) is 0 Å². The second-order valence-electron chi connectivity index (χ2n) is 10.5. The highest BCUT2D eigenvalue weighted by atomic mass is 35.5. The summed E-state index contributed by atoms with van der Waals surface area (Å²) in [5.74, 6) is -5.58. The zero-order chi connectivity index (χ0) is 33.4. The highest BCUT2D eigenvalue weighted by molar-refractivity contribution is 6.39. The average Bonchev–Trinajstić information content (AvgIpc) is 3.14. The number of carboxylic acid groups (broad SMARTS) is 1. The number of benzene rings is 2. The molecule has 4 amide bonds. The van der Waals surface area contributed by atoms with Gasteiger partial charge in [0.15, 0.2) is 12.4 Å². The molecule has 244 valence electrons. The molecule has 3 atom stereocenters. The van der Waals surface area contributed by atoms with Gasteiger partial charge in [0, 0.05) is 13.0 Å². The van der Waals surface area contributed by atoms with Gasteiger partial charge in [0.25, 0.3) is 5.91 Å². The lowest BCUT2D eigenvalue weighted by atomic mass is 10.0. The smallest absolute Gasteiger partial charge is 0.408 e. The van der Waals surface area contributed by atoms with Gasteiger partial charge < -0.3 is 25.2 Å². The number of carbonyl (C=O) groups excluding carboxylic acids is 6. The van der Waals surface area contributed by atoms with Gasteiger partial charge in [0.2, 0.25) is 11.8 Å². The van der Waals surface area contributed by atoms with Gasteiger partial charge in [0.1, 0.15) is 24.7 Å². The Labute approximate surface area is 272 Å². The van der Waals surface area contributed by atoms with Crippen LogP contribution < -0.4 is 10.6 Å². The molecule has 0 bridgehead atoms. The molecule has 2 aliphatic heterocycles. The number of fused-ring (bicyclic) bond motifs is 1. The Bertz CT molecular complexity index is 1500. The molecule has 2 aromatic rings. The second kappa shape index (κ2) is 15.5. The summed E-state index contributed by atoms with van der Waals surface area (Å²) < 4.78 is 10.2. The number of amides is 4. The molecule has 16 heteroatoms. The maximum atomic E-state index is 13.7. The van der Waals surface area contributed by atoms with Crippen LogP contribution in [0.15, 0.2) is 48.5 Å². The van der Waals surface area contributed by atoms with Crippen molar-refractivity contribution < 1.29 is 48.1 Å². The number of carboxylic acids is 1. The van der Waals surface area contributed by atoms with E-state index in [1.807, 2.05) is 0 Å². The molecule has 4 rings (SSSR count). The van der Waals surface area contributed by atoms with E-state index in [4.69, 9.17) is 32.7 Å². The number of nitrogens with one attached hydrogen (secondary N) is 2. The number of nitrogens with zero attached hydrogens (tertiary/aromatic N) is 2. The first kappa shape index (κ1) is 34.2. The molecule has 2 saturated heterocycles. The predicted molar refractivity (Wildman–Crippen MR) is 160 cm³/mol. The summed E-state index contributed by atoms with van der Waals surface area (Å²) in [6, 6.07) is 8.91. The van der Waals surface area contributed by atoms with E-state index in [9.17, 15) is 38.7 Å². The lowest BCUT2D eigenvalue weighted by molar-refractivity contribution is -0.176. The summed E-state index contributed by atoms with van der Waals surface area (Å²) in [4.78, 5) is 89.7. The van der Waals surface area contributed by atoms with E-state index in [2.05, 4.69) is 10.6 Å². The van der Waals surface area contributed by atoms with Crippen LogP contribution in [0.1, 0.15) is 48.0 Å². The third-order valence-corrected chi connectivity index (χ3v) is 7.90. The van der Waals surface area contributed by atoms with Crippen molar-refractivity contribution >= 4 is 64.7 Å². The second-order valence-corrected chi connectivity index (χ2v) is 11.3. The first-order valence-electron chi connectivity index (χ1n) is 14.2. The van der Waals surface area contributed by atoms with Gasteiger partial charge in [-0.15, -0.1) is 0 Å². The number of Topliss-reactive ketones (excluding diaryl/α,β-unsaturated/α-hetero) is 1. The predicted octanol–water partition coefficient (Wildman–Crippen LogP) is 2.50. The Morgan fingerprint density at radius 2 is 1.65 bits per heavy atom. The molecule has 2 unspecified atom stereocenters. The highest BCUT2D eigenvalue weighted by Crippen LogP contribution is 2.26. The van der Waals surface area contributed by atoms with E-state index in [0.29, 0.717) is 12.0 Å². The van der Waals surface area contributed by atoms with Crippen molar-refractivity contribution in [2.45, 2.75) is 56.8 Å². The standard InChI is InChI=1S/C30H30Cl2N4O10/c31-18-8-4-9-19(32)26(18)29(43)45-16-23(37)21(14-25(39)40)33-27(41)22-10-5-13-35-24(38)12-11-20(28(42)36(22)35)34-30(44)46-15-17-6-2-1-3-7-17/h1-4,6-9,20-22H,5,10-16H2,(H,33,41)(H,34,44)(H,39,40)/t20?,21-,22?/m0/s1. The number of ketones is 1. The van der Waals surface area contributed by atoms with Gasteiger partial charge in [-0.25, -0.2) is 14.6 Å². The van der Waals surface area contributed by atoms with Crippen LogP contribution in [0.4, 0.5) is 4.79 Å². The van der Waals surface area contributed by atoms with Gasteiger partial charge in [-0.2, -0.15) is 0 Å². The molecule has 2 fully saturated rings. The normalized spacial score (nSPS) is 18.5. The zero-order valence-electron chi connectivity index (χ0n) is 24.3. The van der Waals surface area contributed by atoms with Gasteiger partial charge in [-0.3, -0.25) is 29.0 Å². The SMILES string of the molecule is O=C(O)C[C@H](NC(=O)C1CCCN2C(=O)CCC(NC(=O)OCc3ccccc3)C(=O)N12)C(=O)COC(=O)c1c(Cl)cccc1Cl. The summed E-state index contributed by atoms with van der Waals surface area (Å²) >= 11 is 12.0. The maximum absolute atomic E-state index is 13.7. The first-order chi connectivity index (χ1) is 22.0. The zero-order valence-corrected chi connectivity index (χ0v) is 25.8. The lowest BCUT2D eigenvalue weighted by Gasteiger charge is -2.43. The Morgan fingerprint density at radius 1 is 0.957 bits per heavy atom. The number of esters is 1. The molecule has 0 aromatic heterocycles. The topological polar surface area (TPSA) is 189 Å². The Hall–Kier alpha value is -4.69. The third-order valence-electron chi connectivity index (χ3n) is 7.27. The third kappa shape index (κ3) is 8.52. The fourth-order valence-electron chi connectivity index (χ4n) is 5.00. The number of carbonyl (C=O) groups is 7. The number of aliphatic carboxylic acids is 1. The van der Waals surface area contributed by atoms with E-state index in [-0.39, 0.29) is 48.0 Å². The maximum Gasteiger partial charge on any atom is 0.408 e. The molecule has 2 aliphatic rings. The minimum Gasteiger partial charge on any atom is -0.481 e. The minimum absolute atomic E-state index is 0.0314. The molecular weight excluding hydrogens is 647 g/mol. The summed E-state index contributed by atoms with van der Waals surface area (Å²) in [5, 5.41) is 16.2. The van der Waals surface area contributed by atoms with Crippen molar-refractivity contribution in [3.8, 4) is 0 Å². The van der Waals surface area contributed by atoms with Crippen LogP contribution in [-0.4, -0.2) is 87.9 Å². The van der Waals surface area contributed by atoms with Crippen molar-refractivity contribution in [2.24, 2.45) is 0 Å². The van der Waals surface area contributed by atoms with E-state index >= 15 is 0 Å². The molecule has 3 N–H and O–H groups in total. The number of rotatable bonds is 11. The van der Waals surface area contributed by atoms with Crippen LogP contribution in [0, 0.1) is 0 Å². The quantitative estimate of drug-likeness (QED) is 0.298. The van der Waals surface area contributed by atoms with Crippen molar-refractivity contribution in [2.75, 3.05) is 13.2 Å². The van der Waals surface area contributed by atoms with Crippen LogP contribution in [0.25, 0.3) is 0 Å². The molecule has 14 nitrogen and oxygen atoms in total. The van der Waals surface area contributed by atoms with Gasteiger partial charge in [0.05, 0.1) is 22.0 Å². The van der Waals surface area contributed by atoms with Gasteiger partial charge in [-0.1, -0.05) is 59.6 Å². The van der Waals surface area contributed by atoms with Crippen LogP contribution in [-0.2, 0) is 40.1 Å². The number of halogens is 2. The van der Waals surface area contributed by atoms with Crippen LogP contribution >= 0.6 is 23.2 Å². The van der Waals surface area contributed by atoms with Crippen molar-refractivity contribution in [3.05, 3.63) is 69.7 Å². The highest BCUT2D eigenvalue weighted by Gasteiger charge is 2.45. The van der Waals surface area contributed by atoms with Crippen molar-refractivity contribution in [1.82, 2.24) is 20.7 Å². The Balaban J connectivity index is 1.44. The van der Waals surface area contributed by atoms with Crippen molar-refractivity contribution in [1.29, 1.82) is 0 Å². The monoisotopic (exact) mass is 676 g/mol. The Morgan fingerprint density at radius 3 is 2.33 bits per heavy atom. The minimum atomic E-state index is -1.66. The Kier molecular flexibility index (Phi) is 11.6. The van der Waals surface area contributed by atoms with Crippen LogP contribution in [0.3, 0.4) is 0 Å². The fraction of sp³-hybridized carbons (Fsp3) is 0.367. The van der Waals surface area contributed by atoms with Gasteiger partial charge >= 0.3 is 18.0 Å². The number of hydrogen-bond donors (Lipinski definition) is 3. The molecule has 0 radical (unpaired) electrons. The molecule has 2 aromatic carbocycles. The van der Waals surface area contributed by atoms with E-state index in [0.717, 1.165) is 10.0 Å². The summed E-state index contributed by atoms with van der Waals surface area (Å²) in [6.07, 6.45) is -1.54. The molecule has 0 saturated carbocycles. The molecule has 46 heavy (non-hydrogen) atoms. The van der Waals surface area contributed by atoms with Crippen molar-refractivity contribution in [3.63, 3.8) is 0 Å². The molecule has 0 aliphatic carbocycles. The van der Waals surface area contributed by atoms with Crippen LogP contribution in [0.2, 0.25) is 10.0 Å². The summed E-state index contributed by atoms with van der Waals surface area (Å²) in [7, 11) is 0. The number of hydrazine groups is 1. The average molecular weight is 677 g/mol. The molecule has 0 spiro atoms. The number of hydrogen-bond acceptors (Lipinski definition) is 9. The largest absolute Gasteiger partial charge is 0.481 e. The fourth-order valence-corrected chi connectivity index (χ4v) is 5.56. The first-order valence-corrected chi connectivity index (χ1v) is 15.0. The van der Waals surface area contributed by atoms with E-state index in [1.54, 1.807) is 30.3 Å². The summed E-state index contributed by atoms with van der Waals surface area (Å²) in [5.41, 5.74) is 0.517. The van der Waals surface area contributed by atoms with Gasteiger partial charge in [-0.05, 0) is 37.0 Å². The lowest BCUT2D eigenvalue weighted by Crippen LogP contribution is -2.64. The summed E-state index contributed by atoms with van der Waals surface area (Å²) in [6.45, 7) is -0.863. The number of ether oxygens (including phenoxy) is 2.